The molecule has 10 heteroatoms. The molecule has 0 radical (unpaired) electrons. The van der Waals surface area contributed by atoms with Crippen LogP contribution in [0.2, 0.25) is 0 Å². The second kappa shape index (κ2) is 9.36. The smallest absolute Gasteiger partial charge is 0.252 e. The molecule has 9 nitrogen and oxygen atoms in total. The highest BCUT2D eigenvalue weighted by Crippen LogP contribution is 2.33. The van der Waals surface area contributed by atoms with E-state index >= 15 is 0 Å². The number of nitrogens with zero attached hydrogens (tertiary/aromatic N) is 3. The number of anilines is 1. The summed E-state index contributed by atoms with van der Waals surface area (Å²) in [5, 5.41) is 9.39. The van der Waals surface area contributed by atoms with Gasteiger partial charge < -0.3 is 14.8 Å². The second-order valence-electron chi connectivity index (χ2n) is 7.55. The molecule has 2 N–H and O–H groups in total. The van der Waals surface area contributed by atoms with Gasteiger partial charge in [-0.1, -0.05) is 25.5 Å². The molecule has 4 heterocycles. The van der Waals surface area contributed by atoms with Crippen LogP contribution in [-0.4, -0.2) is 32.4 Å². The molecule has 1 aliphatic rings. The largest absolute Gasteiger partial charge is 0.454 e. The first-order valence-corrected chi connectivity index (χ1v) is 11.6. The third kappa shape index (κ3) is 4.62. The van der Waals surface area contributed by atoms with Crippen LogP contribution in [0, 0.1) is 0 Å². The van der Waals surface area contributed by atoms with Gasteiger partial charge in [-0.25, -0.2) is 4.98 Å². The van der Waals surface area contributed by atoms with Crippen molar-refractivity contribution in [2.24, 2.45) is 0 Å². The Hall–Kier alpha value is -4.18. The molecule has 34 heavy (non-hydrogen) atoms. The normalized spacial score (nSPS) is 12.4. The van der Waals surface area contributed by atoms with Gasteiger partial charge >= 0.3 is 0 Å². The predicted octanol–water partition coefficient (Wildman–Crippen LogP) is 4.02. The second-order valence-corrected chi connectivity index (χ2v) is 8.50. The Bertz CT molecular complexity index is 1420. The van der Waals surface area contributed by atoms with Crippen molar-refractivity contribution >= 4 is 29.1 Å². The van der Waals surface area contributed by atoms with Gasteiger partial charge in [-0.15, -0.1) is 11.3 Å². The standard InChI is InChI=1S/C24H21N5O4S/c1-2-4-16-12-23(31)27-24(25-16)29-21(13-17(28-29)20-5-3-10-34-20)26-22(30)9-7-15-6-8-18-19(11-15)33-14-32-18/h3,5-13H,2,4,14H2,1H3,(H,26,30)(H,25,27,31)/b9-7-. The van der Waals surface area contributed by atoms with E-state index in [1.807, 2.05) is 30.5 Å². The number of fused-ring (bicyclic) bond motifs is 1. The number of benzene rings is 1. The number of rotatable bonds is 7. The van der Waals surface area contributed by atoms with Gasteiger partial charge in [-0.2, -0.15) is 9.78 Å². The first kappa shape index (κ1) is 21.7. The van der Waals surface area contributed by atoms with Gasteiger partial charge in [0.1, 0.15) is 11.5 Å². The minimum atomic E-state index is -0.358. The topological polar surface area (TPSA) is 111 Å². The molecule has 0 unspecified atom stereocenters. The van der Waals surface area contributed by atoms with E-state index in [0.29, 0.717) is 35.1 Å². The molecule has 0 saturated heterocycles. The third-order valence-electron chi connectivity index (χ3n) is 5.05. The van der Waals surface area contributed by atoms with Crippen LogP contribution in [0.5, 0.6) is 11.5 Å². The van der Waals surface area contributed by atoms with Gasteiger partial charge in [0.25, 0.3) is 5.56 Å². The molecule has 1 amide bonds. The van der Waals surface area contributed by atoms with E-state index in [2.05, 4.69) is 20.4 Å². The quantitative estimate of drug-likeness (QED) is 0.391. The number of hydrogen-bond donors (Lipinski definition) is 2. The van der Waals surface area contributed by atoms with Crippen LogP contribution in [0.4, 0.5) is 5.82 Å². The summed E-state index contributed by atoms with van der Waals surface area (Å²) in [4.78, 5) is 33.1. The van der Waals surface area contributed by atoms with Gasteiger partial charge in [0.15, 0.2) is 11.5 Å². The summed E-state index contributed by atoms with van der Waals surface area (Å²) in [6, 6.07) is 12.5. The van der Waals surface area contributed by atoms with E-state index in [-0.39, 0.29) is 24.2 Å². The highest BCUT2D eigenvalue weighted by Gasteiger charge is 2.16. The number of hydrogen-bond acceptors (Lipinski definition) is 7. The number of carbonyl (C=O) groups excluding carboxylic acids is 1. The average Bonchev–Trinajstić information content (AvgIpc) is 3.57. The van der Waals surface area contributed by atoms with Crippen molar-refractivity contribution in [3.8, 4) is 28.0 Å². The van der Waals surface area contributed by atoms with Crippen LogP contribution in [0.3, 0.4) is 0 Å². The van der Waals surface area contributed by atoms with E-state index in [4.69, 9.17) is 9.47 Å². The predicted molar refractivity (Wildman–Crippen MR) is 130 cm³/mol. The lowest BCUT2D eigenvalue weighted by Crippen LogP contribution is -2.18. The summed E-state index contributed by atoms with van der Waals surface area (Å²) in [6.07, 6.45) is 4.61. The van der Waals surface area contributed by atoms with Crippen LogP contribution >= 0.6 is 11.3 Å². The van der Waals surface area contributed by atoms with Crippen molar-refractivity contribution < 1.29 is 14.3 Å². The number of carbonyl (C=O) groups is 1. The molecule has 1 aromatic carbocycles. The minimum Gasteiger partial charge on any atom is -0.454 e. The number of aromatic nitrogens is 4. The van der Waals surface area contributed by atoms with E-state index < -0.39 is 0 Å². The lowest BCUT2D eigenvalue weighted by molar-refractivity contribution is -0.111. The number of nitrogens with one attached hydrogen (secondary N) is 2. The number of aryl methyl sites for hydroxylation is 1. The summed E-state index contributed by atoms with van der Waals surface area (Å²) in [5.41, 5.74) is 1.84. The lowest BCUT2D eigenvalue weighted by Gasteiger charge is -2.08. The van der Waals surface area contributed by atoms with Crippen molar-refractivity contribution in [2.45, 2.75) is 19.8 Å². The molecule has 0 saturated carbocycles. The summed E-state index contributed by atoms with van der Waals surface area (Å²) >= 11 is 1.53. The molecule has 0 fully saturated rings. The number of amides is 1. The zero-order chi connectivity index (χ0) is 23.5. The van der Waals surface area contributed by atoms with Crippen molar-refractivity contribution in [1.29, 1.82) is 0 Å². The van der Waals surface area contributed by atoms with Crippen LogP contribution in [0.25, 0.3) is 22.6 Å². The molecule has 4 aromatic rings. The van der Waals surface area contributed by atoms with Gasteiger partial charge in [0, 0.05) is 23.9 Å². The minimum absolute atomic E-state index is 0.190. The highest BCUT2D eigenvalue weighted by atomic mass is 32.1. The maximum atomic E-state index is 12.8. The Labute approximate surface area is 198 Å². The van der Waals surface area contributed by atoms with Gasteiger partial charge in [0.05, 0.1) is 4.88 Å². The van der Waals surface area contributed by atoms with Gasteiger partial charge in [0.2, 0.25) is 18.6 Å². The molecule has 0 spiro atoms. The first-order chi connectivity index (χ1) is 16.6. The molecule has 0 atom stereocenters. The maximum Gasteiger partial charge on any atom is 0.252 e. The Balaban J connectivity index is 1.44. The van der Waals surface area contributed by atoms with Gasteiger partial charge in [-0.3, -0.25) is 14.6 Å². The number of thiophene rings is 1. The van der Waals surface area contributed by atoms with Crippen LogP contribution in [0.1, 0.15) is 24.6 Å². The number of ether oxygens (including phenoxy) is 2. The molecular formula is C24H21N5O4S. The van der Waals surface area contributed by atoms with E-state index in [1.54, 1.807) is 24.3 Å². The molecule has 1 aliphatic heterocycles. The Kier molecular flexibility index (Phi) is 5.96. The molecule has 3 aromatic heterocycles. The zero-order valence-corrected chi connectivity index (χ0v) is 19.1. The molecule has 0 aliphatic carbocycles. The summed E-state index contributed by atoms with van der Waals surface area (Å²) in [6.45, 7) is 2.21. The molecular weight excluding hydrogens is 454 g/mol. The van der Waals surface area contributed by atoms with Crippen LogP contribution in [-0.2, 0) is 11.2 Å². The van der Waals surface area contributed by atoms with Crippen molar-refractivity contribution in [1.82, 2.24) is 19.7 Å². The van der Waals surface area contributed by atoms with Crippen molar-refractivity contribution in [3.63, 3.8) is 0 Å². The molecule has 0 bridgehead atoms. The van der Waals surface area contributed by atoms with Crippen LogP contribution in [0.15, 0.2) is 58.7 Å². The van der Waals surface area contributed by atoms with E-state index in [1.165, 1.54) is 28.2 Å². The van der Waals surface area contributed by atoms with Gasteiger partial charge in [-0.05, 0) is 41.6 Å². The fraction of sp³-hybridized carbons (Fsp3) is 0.167. The Morgan fingerprint density at radius 3 is 2.94 bits per heavy atom. The SMILES string of the molecule is CCCc1cc(=O)[nH]c(-n2nc(-c3cccs3)cc2NC(=O)/C=C\c2ccc3c(c2)OCO3)n1. The van der Waals surface area contributed by atoms with Crippen molar-refractivity contribution in [2.75, 3.05) is 12.1 Å². The summed E-state index contributed by atoms with van der Waals surface area (Å²) in [5.74, 6) is 1.60. The third-order valence-corrected chi connectivity index (χ3v) is 5.94. The maximum absolute atomic E-state index is 12.8. The molecule has 5 rings (SSSR count). The highest BCUT2D eigenvalue weighted by molar-refractivity contribution is 7.13. The summed E-state index contributed by atoms with van der Waals surface area (Å²) in [7, 11) is 0. The Morgan fingerprint density at radius 2 is 2.12 bits per heavy atom. The van der Waals surface area contributed by atoms with E-state index in [0.717, 1.165) is 16.9 Å². The Morgan fingerprint density at radius 1 is 1.24 bits per heavy atom. The monoisotopic (exact) mass is 475 g/mol. The fourth-order valence-corrected chi connectivity index (χ4v) is 4.19. The van der Waals surface area contributed by atoms with E-state index in [9.17, 15) is 9.59 Å². The van der Waals surface area contributed by atoms with Crippen molar-refractivity contribution in [3.05, 3.63) is 75.5 Å². The summed E-state index contributed by atoms with van der Waals surface area (Å²) < 4.78 is 12.1. The lowest BCUT2D eigenvalue weighted by atomic mass is 10.2. The van der Waals surface area contributed by atoms with Crippen LogP contribution < -0.4 is 20.3 Å². The fourth-order valence-electron chi connectivity index (χ4n) is 3.51. The number of H-pyrrole nitrogens is 1. The zero-order valence-electron chi connectivity index (χ0n) is 18.3. The first-order valence-electron chi connectivity index (χ1n) is 10.7. The molecule has 172 valence electrons. The average molecular weight is 476 g/mol. The number of aromatic amines is 1.